The zero-order valence-corrected chi connectivity index (χ0v) is 20.7. The van der Waals surface area contributed by atoms with Gasteiger partial charge in [-0.1, -0.05) is 54.5 Å². The first-order valence-corrected chi connectivity index (χ1v) is 13.2. The molecule has 1 heterocycles. The van der Waals surface area contributed by atoms with Gasteiger partial charge >= 0.3 is 0 Å². The van der Waals surface area contributed by atoms with Crippen molar-refractivity contribution in [2.75, 3.05) is 17.7 Å². The summed E-state index contributed by atoms with van der Waals surface area (Å²) >= 11 is 0. The molecule has 0 saturated carbocycles. The number of hydrogen-bond acceptors (Lipinski definition) is 6. The Labute approximate surface area is 209 Å². The number of anilines is 1. The molecule has 0 saturated heterocycles. The number of ketones is 1. The van der Waals surface area contributed by atoms with Crippen LogP contribution in [-0.4, -0.2) is 37.0 Å². The number of terminal acetylenes is 1. The predicted octanol–water partition coefficient (Wildman–Crippen LogP) is 3.84. The molecule has 4 aromatic rings. The van der Waals surface area contributed by atoms with E-state index in [1.54, 1.807) is 73.7 Å². The van der Waals surface area contributed by atoms with Gasteiger partial charge in [0.2, 0.25) is 0 Å². The van der Waals surface area contributed by atoms with Gasteiger partial charge in [0.1, 0.15) is 11.1 Å². The molecule has 1 aromatic heterocycles. The number of carbonyl (C=O) groups excluding carboxylic acids is 1. The van der Waals surface area contributed by atoms with E-state index in [0.29, 0.717) is 40.9 Å². The number of hydrogen-bond donors (Lipinski definition) is 1. The van der Waals surface area contributed by atoms with E-state index >= 15 is 0 Å². The summed E-state index contributed by atoms with van der Waals surface area (Å²) in [5.41, 5.74) is 2.75. The number of carbonyl (C=O) groups is 1. The minimum atomic E-state index is -3.72. The van der Waals surface area contributed by atoms with Crippen LogP contribution in [0.15, 0.2) is 77.6 Å². The molecule has 182 valence electrons. The van der Waals surface area contributed by atoms with Gasteiger partial charge in [0.15, 0.2) is 15.6 Å². The Morgan fingerprint density at radius 2 is 1.78 bits per heavy atom. The van der Waals surface area contributed by atoms with Gasteiger partial charge in [-0.25, -0.2) is 13.4 Å². The van der Waals surface area contributed by atoms with Crippen LogP contribution in [0.25, 0.3) is 10.9 Å². The number of aromatic amines is 1. The number of nitrogens with one attached hydrogen (secondary N) is 1. The van der Waals surface area contributed by atoms with Crippen LogP contribution in [0.2, 0.25) is 0 Å². The SMILES string of the molecule is C#CCN(Cc1ccc2nc(C)[nH]c(=O)c2c1)c1ccc(C(C(=O)c2ccccc2)S(C)(=O)=O)cc1. The van der Waals surface area contributed by atoms with Crippen LogP contribution >= 0.6 is 0 Å². The largest absolute Gasteiger partial charge is 0.356 e. The van der Waals surface area contributed by atoms with E-state index < -0.39 is 20.9 Å². The van der Waals surface area contributed by atoms with E-state index in [1.165, 1.54) is 0 Å². The third-order valence-electron chi connectivity index (χ3n) is 5.83. The van der Waals surface area contributed by atoms with E-state index in [-0.39, 0.29) is 5.56 Å². The minimum absolute atomic E-state index is 0.206. The van der Waals surface area contributed by atoms with Gasteiger partial charge in [-0.3, -0.25) is 9.59 Å². The summed E-state index contributed by atoms with van der Waals surface area (Å²) in [4.78, 5) is 34.4. The molecular weight excluding hydrogens is 474 g/mol. The first kappa shape index (κ1) is 24.9. The first-order chi connectivity index (χ1) is 17.2. The van der Waals surface area contributed by atoms with Gasteiger partial charge in [-0.05, 0) is 42.3 Å². The average Bonchev–Trinajstić information content (AvgIpc) is 2.84. The van der Waals surface area contributed by atoms with E-state index in [9.17, 15) is 18.0 Å². The second-order valence-electron chi connectivity index (χ2n) is 8.59. The summed E-state index contributed by atoms with van der Waals surface area (Å²) in [5.74, 6) is 2.71. The van der Waals surface area contributed by atoms with Crippen molar-refractivity contribution in [3.8, 4) is 12.3 Å². The fourth-order valence-corrected chi connectivity index (χ4v) is 5.35. The lowest BCUT2D eigenvalue weighted by Gasteiger charge is -2.24. The predicted molar refractivity (Wildman–Crippen MR) is 142 cm³/mol. The van der Waals surface area contributed by atoms with Crippen LogP contribution < -0.4 is 10.5 Å². The lowest BCUT2D eigenvalue weighted by molar-refractivity contribution is 0.0987. The molecule has 0 aliphatic carbocycles. The maximum absolute atomic E-state index is 13.1. The molecule has 0 radical (unpaired) electrons. The van der Waals surface area contributed by atoms with E-state index in [0.717, 1.165) is 17.5 Å². The van der Waals surface area contributed by atoms with Gasteiger partial charge in [0, 0.05) is 24.1 Å². The van der Waals surface area contributed by atoms with Crippen LogP contribution in [0.3, 0.4) is 0 Å². The van der Waals surface area contributed by atoms with Crippen molar-refractivity contribution < 1.29 is 13.2 Å². The van der Waals surface area contributed by atoms with Crippen molar-refractivity contribution in [3.05, 3.63) is 106 Å². The maximum Gasteiger partial charge on any atom is 0.258 e. The number of fused-ring (bicyclic) bond motifs is 1. The third kappa shape index (κ3) is 5.37. The topological polar surface area (TPSA) is 100 Å². The molecule has 1 atom stereocenters. The molecule has 36 heavy (non-hydrogen) atoms. The summed E-state index contributed by atoms with van der Waals surface area (Å²) in [6.45, 7) is 2.44. The Bertz CT molecular complexity index is 1620. The van der Waals surface area contributed by atoms with Crippen molar-refractivity contribution >= 4 is 32.2 Å². The smallest absolute Gasteiger partial charge is 0.258 e. The molecule has 0 aliphatic heterocycles. The molecule has 3 aromatic carbocycles. The standard InChI is InChI=1S/C28H25N3O4S/c1-4-16-31(18-20-10-15-25-24(17-20)28(33)30-19(2)29-25)23-13-11-22(12-14-23)27(36(3,34)35)26(32)21-8-6-5-7-9-21/h1,5-15,17,27H,16,18H2,2-3H3,(H,29,30,33). The van der Waals surface area contributed by atoms with Crippen molar-refractivity contribution in [1.82, 2.24) is 9.97 Å². The Kier molecular flexibility index (Phi) is 7.04. The van der Waals surface area contributed by atoms with Crippen molar-refractivity contribution in [2.24, 2.45) is 0 Å². The van der Waals surface area contributed by atoms with E-state index in [1.807, 2.05) is 11.0 Å². The number of rotatable bonds is 8. The highest BCUT2D eigenvalue weighted by atomic mass is 32.2. The second kappa shape index (κ2) is 10.2. The number of nitrogens with zero attached hydrogens (tertiary/aromatic N) is 2. The molecule has 0 aliphatic rings. The molecular formula is C28H25N3O4S. The van der Waals surface area contributed by atoms with Crippen LogP contribution in [0.4, 0.5) is 5.69 Å². The lowest BCUT2D eigenvalue weighted by Crippen LogP contribution is -2.24. The molecule has 1 unspecified atom stereocenters. The monoisotopic (exact) mass is 499 g/mol. The molecule has 1 N–H and O–H groups in total. The van der Waals surface area contributed by atoms with E-state index in [4.69, 9.17) is 6.42 Å². The molecule has 8 heteroatoms. The van der Waals surface area contributed by atoms with Crippen molar-refractivity contribution in [2.45, 2.75) is 18.7 Å². The van der Waals surface area contributed by atoms with Gasteiger partial charge in [0.25, 0.3) is 5.56 Å². The molecule has 7 nitrogen and oxygen atoms in total. The highest BCUT2D eigenvalue weighted by Gasteiger charge is 2.31. The summed E-state index contributed by atoms with van der Waals surface area (Å²) in [6, 6.07) is 20.7. The molecule has 0 spiro atoms. The molecule has 0 amide bonds. The van der Waals surface area contributed by atoms with Crippen LogP contribution in [0, 0.1) is 19.3 Å². The number of sulfone groups is 1. The fourth-order valence-electron chi connectivity index (χ4n) is 4.18. The second-order valence-corrected chi connectivity index (χ2v) is 10.7. The highest BCUT2D eigenvalue weighted by Crippen LogP contribution is 2.29. The van der Waals surface area contributed by atoms with Gasteiger partial charge in [0.05, 0.1) is 17.4 Å². The van der Waals surface area contributed by atoms with E-state index in [2.05, 4.69) is 15.9 Å². The third-order valence-corrected chi connectivity index (χ3v) is 7.17. The molecule has 0 bridgehead atoms. The van der Waals surface area contributed by atoms with Crippen LogP contribution in [0.1, 0.15) is 32.6 Å². The quantitative estimate of drug-likeness (QED) is 0.292. The summed E-state index contributed by atoms with van der Waals surface area (Å²) in [6.07, 6.45) is 6.67. The highest BCUT2D eigenvalue weighted by molar-refractivity contribution is 7.91. The first-order valence-electron chi connectivity index (χ1n) is 11.2. The Balaban J connectivity index is 1.64. The number of Topliss-reactive ketones (excluding diaryl/α,β-unsaturated/α-hetero) is 1. The number of aryl methyl sites for hydroxylation is 1. The Morgan fingerprint density at radius 1 is 1.08 bits per heavy atom. The van der Waals surface area contributed by atoms with Gasteiger partial charge in [-0.2, -0.15) is 0 Å². The number of H-pyrrole nitrogens is 1. The average molecular weight is 500 g/mol. The Hall–Kier alpha value is -4.22. The fraction of sp³-hybridized carbons (Fsp3) is 0.179. The zero-order valence-electron chi connectivity index (χ0n) is 19.9. The van der Waals surface area contributed by atoms with Gasteiger partial charge in [-0.15, -0.1) is 6.42 Å². The summed E-state index contributed by atoms with van der Waals surface area (Å²) < 4.78 is 25.1. The number of benzene rings is 3. The lowest BCUT2D eigenvalue weighted by atomic mass is 10.0. The minimum Gasteiger partial charge on any atom is -0.356 e. The normalized spacial score (nSPS) is 12.1. The van der Waals surface area contributed by atoms with Crippen molar-refractivity contribution in [1.29, 1.82) is 0 Å². The summed E-state index contributed by atoms with van der Waals surface area (Å²) in [7, 11) is -3.72. The van der Waals surface area contributed by atoms with Crippen LogP contribution in [-0.2, 0) is 16.4 Å². The zero-order chi connectivity index (χ0) is 25.9. The maximum atomic E-state index is 13.1. The summed E-state index contributed by atoms with van der Waals surface area (Å²) in [5, 5.41) is -0.817. The Morgan fingerprint density at radius 3 is 2.42 bits per heavy atom. The van der Waals surface area contributed by atoms with Crippen molar-refractivity contribution in [3.63, 3.8) is 0 Å². The molecule has 4 rings (SSSR count). The number of aromatic nitrogens is 2. The van der Waals surface area contributed by atoms with Crippen LogP contribution in [0.5, 0.6) is 0 Å². The van der Waals surface area contributed by atoms with Gasteiger partial charge < -0.3 is 9.88 Å². The molecule has 0 fully saturated rings.